The Morgan fingerprint density at radius 3 is 2.76 bits per heavy atom. The van der Waals surface area contributed by atoms with Gasteiger partial charge in [-0.1, -0.05) is 0 Å². The fourth-order valence-corrected chi connectivity index (χ4v) is 3.65. The number of hydrogen-bond acceptors (Lipinski definition) is 5. The van der Waals surface area contributed by atoms with E-state index < -0.39 is 4.92 Å². The third-order valence-electron chi connectivity index (χ3n) is 4.94. The van der Waals surface area contributed by atoms with Gasteiger partial charge in [-0.15, -0.1) is 0 Å². The topological polar surface area (TPSA) is 87.9 Å². The second-order valence-corrected chi connectivity index (χ2v) is 6.57. The largest absolute Gasteiger partial charge is 0.495 e. The van der Waals surface area contributed by atoms with Crippen molar-refractivity contribution in [2.24, 2.45) is 0 Å². The maximum absolute atomic E-state index is 12.7. The fraction of sp³-hybridized carbons (Fsp3) is 0.588. The SMILES string of the molecule is COc1ccc([N+](=O)[O-])cc1NC(=O)N1CCCC1CN1CCCC1. The summed E-state index contributed by atoms with van der Waals surface area (Å²) >= 11 is 0. The Balaban J connectivity index is 1.70. The van der Waals surface area contributed by atoms with Crippen LogP contribution in [0.1, 0.15) is 25.7 Å². The number of urea groups is 1. The Morgan fingerprint density at radius 1 is 1.32 bits per heavy atom. The molecule has 0 spiro atoms. The van der Waals surface area contributed by atoms with Crippen LogP contribution in [0.2, 0.25) is 0 Å². The fourth-order valence-electron chi connectivity index (χ4n) is 3.65. The number of benzene rings is 1. The van der Waals surface area contributed by atoms with E-state index >= 15 is 0 Å². The first kappa shape index (κ1) is 17.5. The minimum Gasteiger partial charge on any atom is -0.495 e. The van der Waals surface area contributed by atoms with E-state index in [1.807, 2.05) is 4.90 Å². The van der Waals surface area contributed by atoms with Crippen LogP contribution in [-0.2, 0) is 0 Å². The van der Waals surface area contributed by atoms with E-state index in [2.05, 4.69) is 10.2 Å². The highest BCUT2D eigenvalue weighted by Gasteiger charge is 2.31. The lowest BCUT2D eigenvalue weighted by molar-refractivity contribution is -0.384. The average molecular weight is 348 g/mol. The van der Waals surface area contributed by atoms with Gasteiger partial charge in [0, 0.05) is 31.3 Å². The van der Waals surface area contributed by atoms with Crippen molar-refractivity contribution < 1.29 is 14.5 Å². The van der Waals surface area contributed by atoms with Gasteiger partial charge < -0.3 is 19.9 Å². The Bertz CT molecular complexity index is 646. The molecule has 2 heterocycles. The zero-order valence-electron chi connectivity index (χ0n) is 14.4. The van der Waals surface area contributed by atoms with Gasteiger partial charge in [-0.3, -0.25) is 10.1 Å². The monoisotopic (exact) mass is 348 g/mol. The van der Waals surface area contributed by atoms with Crippen LogP contribution in [-0.4, -0.2) is 60.1 Å². The smallest absolute Gasteiger partial charge is 0.322 e. The number of non-ortho nitro benzene ring substituents is 1. The number of nitrogens with zero attached hydrogens (tertiary/aromatic N) is 3. The standard InChI is InChI=1S/C17H24N4O4/c1-25-16-7-6-13(21(23)24)11-15(16)18-17(22)20-10-4-5-14(20)12-19-8-2-3-9-19/h6-7,11,14H,2-5,8-10,12H2,1H3,(H,18,22). The first-order valence-electron chi connectivity index (χ1n) is 8.71. The molecule has 1 N–H and O–H groups in total. The number of carbonyl (C=O) groups excluding carboxylic acids is 1. The lowest BCUT2D eigenvalue weighted by atomic mass is 10.2. The maximum Gasteiger partial charge on any atom is 0.322 e. The molecule has 3 rings (SSSR count). The van der Waals surface area contributed by atoms with Crippen molar-refractivity contribution in [2.75, 3.05) is 38.6 Å². The predicted octanol–water partition coefficient (Wildman–Crippen LogP) is 2.70. The number of amides is 2. The predicted molar refractivity (Wildman–Crippen MR) is 94.1 cm³/mol. The number of nitrogens with one attached hydrogen (secondary N) is 1. The van der Waals surface area contributed by atoms with Crippen LogP contribution in [0.25, 0.3) is 0 Å². The molecule has 1 aromatic rings. The van der Waals surface area contributed by atoms with Crippen molar-refractivity contribution in [3.63, 3.8) is 0 Å². The number of rotatable bonds is 5. The minimum absolute atomic E-state index is 0.0776. The number of likely N-dealkylation sites (tertiary alicyclic amines) is 2. The first-order chi connectivity index (χ1) is 12.1. The molecule has 0 radical (unpaired) electrons. The summed E-state index contributed by atoms with van der Waals surface area (Å²) in [7, 11) is 1.48. The first-order valence-corrected chi connectivity index (χ1v) is 8.71. The van der Waals surface area contributed by atoms with Crippen LogP contribution in [0.15, 0.2) is 18.2 Å². The number of anilines is 1. The number of hydrogen-bond donors (Lipinski definition) is 1. The quantitative estimate of drug-likeness (QED) is 0.653. The molecular formula is C17H24N4O4. The van der Waals surface area contributed by atoms with Gasteiger partial charge in [0.05, 0.1) is 17.7 Å². The third kappa shape index (κ3) is 4.01. The Morgan fingerprint density at radius 2 is 2.08 bits per heavy atom. The molecule has 0 aliphatic carbocycles. The molecule has 0 aromatic heterocycles. The number of ether oxygens (including phenoxy) is 1. The summed E-state index contributed by atoms with van der Waals surface area (Å²) in [6.45, 7) is 3.82. The van der Waals surface area contributed by atoms with Gasteiger partial charge in [-0.2, -0.15) is 0 Å². The summed E-state index contributed by atoms with van der Waals surface area (Å²) in [5, 5.41) is 13.8. The molecule has 136 valence electrons. The summed E-state index contributed by atoms with van der Waals surface area (Å²) in [6.07, 6.45) is 4.43. The highest BCUT2D eigenvalue weighted by Crippen LogP contribution is 2.30. The van der Waals surface area contributed by atoms with Gasteiger partial charge in [-0.25, -0.2) is 4.79 Å². The molecule has 1 aromatic carbocycles. The van der Waals surface area contributed by atoms with Crippen LogP contribution in [0, 0.1) is 10.1 Å². The van der Waals surface area contributed by atoms with Crippen molar-refractivity contribution in [3.05, 3.63) is 28.3 Å². The molecule has 2 amide bonds. The molecule has 0 bridgehead atoms. The molecule has 2 saturated heterocycles. The molecule has 0 saturated carbocycles. The van der Waals surface area contributed by atoms with Gasteiger partial charge in [0.15, 0.2) is 0 Å². The molecule has 1 atom stereocenters. The highest BCUT2D eigenvalue weighted by atomic mass is 16.6. The van der Waals surface area contributed by atoms with E-state index in [0.29, 0.717) is 18.0 Å². The van der Waals surface area contributed by atoms with Gasteiger partial charge >= 0.3 is 6.03 Å². The molecule has 2 aliphatic heterocycles. The minimum atomic E-state index is -0.485. The second kappa shape index (κ2) is 7.69. The summed E-state index contributed by atoms with van der Waals surface area (Å²) in [5.41, 5.74) is 0.250. The normalized spacial score (nSPS) is 20.7. The third-order valence-corrected chi connectivity index (χ3v) is 4.94. The van der Waals surface area contributed by atoms with E-state index in [0.717, 1.165) is 32.5 Å². The van der Waals surface area contributed by atoms with Crippen molar-refractivity contribution in [1.82, 2.24) is 9.80 Å². The van der Waals surface area contributed by atoms with E-state index in [1.165, 1.54) is 38.2 Å². The summed E-state index contributed by atoms with van der Waals surface area (Å²) in [6, 6.07) is 4.17. The van der Waals surface area contributed by atoms with E-state index in [-0.39, 0.29) is 17.8 Å². The number of nitro benzene ring substituents is 1. The van der Waals surface area contributed by atoms with Crippen LogP contribution >= 0.6 is 0 Å². The molecule has 2 fully saturated rings. The molecule has 25 heavy (non-hydrogen) atoms. The molecule has 8 heteroatoms. The Labute approximate surface area is 146 Å². The summed E-state index contributed by atoms with van der Waals surface area (Å²) in [5.74, 6) is 0.411. The Hall–Kier alpha value is -2.35. The van der Waals surface area contributed by atoms with Gasteiger partial charge in [0.25, 0.3) is 5.69 Å². The lowest BCUT2D eigenvalue weighted by Crippen LogP contribution is -2.44. The van der Waals surface area contributed by atoms with E-state index in [9.17, 15) is 14.9 Å². The molecule has 1 unspecified atom stereocenters. The molecule has 2 aliphatic rings. The second-order valence-electron chi connectivity index (χ2n) is 6.57. The number of nitro groups is 1. The van der Waals surface area contributed by atoms with Crippen molar-refractivity contribution >= 4 is 17.4 Å². The van der Waals surface area contributed by atoms with Gasteiger partial charge in [-0.05, 0) is 44.8 Å². The Kier molecular flexibility index (Phi) is 5.37. The van der Waals surface area contributed by atoms with Crippen molar-refractivity contribution in [3.8, 4) is 5.75 Å². The van der Waals surface area contributed by atoms with Crippen LogP contribution in [0.5, 0.6) is 5.75 Å². The maximum atomic E-state index is 12.7. The van der Waals surface area contributed by atoms with Gasteiger partial charge in [0.1, 0.15) is 5.75 Å². The molecular weight excluding hydrogens is 324 g/mol. The lowest BCUT2D eigenvalue weighted by Gasteiger charge is -2.28. The summed E-state index contributed by atoms with van der Waals surface area (Å²) in [4.78, 5) is 27.5. The van der Waals surface area contributed by atoms with Crippen LogP contribution < -0.4 is 10.1 Å². The van der Waals surface area contributed by atoms with Crippen LogP contribution in [0.3, 0.4) is 0 Å². The van der Waals surface area contributed by atoms with Crippen LogP contribution in [0.4, 0.5) is 16.2 Å². The zero-order valence-corrected chi connectivity index (χ0v) is 14.4. The van der Waals surface area contributed by atoms with Crippen molar-refractivity contribution in [2.45, 2.75) is 31.7 Å². The molecule has 8 nitrogen and oxygen atoms in total. The average Bonchev–Trinajstić information content (AvgIpc) is 3.27. The van der Waals surface area contributed by atoms with Gasteiger partial charge in [0.2, 0.25) is 0 Å². The van der Waals surface area contributed by atoms with E-state index in [1.54, 1.807) is 0 Å². The number of carbonyl (C=O) groups is 1. The zero-order chi connectivity index (χ0) is 17.8. The van der Waals surface area contributed by atoms with E-state index in [4.69, 9.17) is 4.74 Å². The highest BCUT2D eigenvalue weighted by molar-refractivity contribution is 5.91. The number of methoxy groups -OCH3 is 1. The summed E-state index contributed by atoms with van der Waals surface area (Å²) < 4.78 is 5.21. The van der Waals surface area contributed by atoms with Crippen molar-refractivity contribution in [1.29, 1.82) is 0 Å².